The second-order valence-corrected chi connectivity index (χ2v) is 15.1. The molecule has 0 rings (SSSR count). The fraction of sp³-hybridized carbons (Fsp3) is 0.762. The Labute approximate surface area is 405 Å². The molecule has 364 valence electrons. The normalized spacial score (nSPS) is 10.1. The first kappa shape index (κ1) is 60.6. The Morgan fingerprint density at radius 1 is 0.385 bits per heavy atom. The largest absolute Gasteiger partial charge is 0.447 e. The number of nitrogens with one attached hydrogen (secondary N) is 4. The van der Waals surface area contributed by atoms with Crippen molar-refractivity contribution >= 4 is 105 Å². The Morgan fingerprint density at radius 3 is 0.892 bits per heavy atom. The summed E-state index contributed by atoms with van der Waals surface area (Å²) in [4.78, 5) is 93.7. The number of carbonyl (C=O) groups is 6. The smallest absolute Gasteiger partial charge is 0.409 e. The Balaban J connectivity index is 4.95. The van der Waals surface area contributed by atoms with Crippen LogP contribution in [-0.4, -0.2) is 171 Å². The first-order valence-electron chi connectivity index (χ1n) is 22.3. The van der Waals surface area contributed by atoms with Gasteiger partial charge in [0.15, 0.2) is 0 Å². The molecule has 6 amide bonds. The van der Waals surface area contributed by atoms with Crippen LogP contribution in [0.5, 0.6) is 0 Å². The van der Waals surface area contributed by atoms with E-state index in [-0.39, 0.29) is 102 Å². The van der Waals surface area contributed by atoms with E-state index in [0.29, 0.717) is 77.5 Å². The van der Waals surface area contributed by atoms with Crippen LogP contribution < -0.4 is 21.3 Å². The van der Waals surface area contributed by atoms with Gasteiger partial charge in [-0.2, -0.15) is 0 Å². The lowest BCUT2D eigenvalue weighted by molar-refractivity contribution is -0.122. The molecule has 0 aromatic heterocycles. The van der Waals surface area contributed by atoms with E-state index in [1.54, 1.807) is 0 Å². The van der Waals surface area contributed by atoms with Crippen molar-refractivity contribution in [2.24, 2.45) is 20.0 Å². The van der Waals surface area contributed by atoms with E-state index in [2.05, 4.69) is 111 Å². The zero-order valence-electron chi connectivity index (χ0n) is 37.6. The van der Waals surface area contributed by atoms with Gasteiger partial charge in [-0.1, -0.05) is 25.7 Å². The summed E-state index contributed by atoms with van der Waals surface area (Å²) in [6.07, 6.45) is 9.33. The highest BCUT2D eigenvalue weighted by atomic mass is 32.1. The highest BCUT2D eigenvalue weighted by Crippen LogP contribution is 2.04. The number of unbranched alkanes of at least 4 members (excludes halogenated alkanes) is 8. The number of aliphatic imine (C=N–C) groups is 4. The molecule has 0 aliphatic heterocycles. The van der Waals surface area contributed by atoms with E-state index in [0.717, 1.165) is 51.4 Å². The van der Waals surface area contributed by atoms with E-state index in [1.165, 1.54) is 9.80 Å². The Hall–Kier alpha value is -4.42. The van der Waals surface area contributed by atoms with Crippen LogP contribution in [0, 0.1) is 0 Å². The molecule has 0 aromatic rings. The lowest BCUT2D eigenvalue weighted by Crippen LogP contribution is -2.43. The third-order valence-corrected chi connectivity index (χ3v) is 9.71. The number of ether oxygens (including phenoxy) is 3. The van der Waals surface area contributed by atoms with Crippen molar-refractivity contribution in [2.75, 3.05) is 105 Å². The number of hydrogen-bond donors (Lipinski definition) is 4. The van der Waals surface area contributed by atoms with Crippen LogP contribution >= 0.6 is 48.9 Å². The van der Waals surface area contributed by atoms with Crippen LogP contribution in [0.3, 0.4) is 0 Å². The van der Waals surface area contributed by atoms with Crippen molar-refractivity contribution in [2.45, 2.75) is 103 Å². The number of isothiocyanates is 4. The van der Waals surface area contributed by atoms with Gasteiger partial charge in [-0.05, 0) is 100 Å². The second-order valence-electron chi connectivity index (χ2n) is 14.3. The fourth-order valence-electron chi connectivity index (χ4n) is 5.72. The number of nitrogens with zero attached hydrogens (tertiary/aromatic N) is 6. The third-order valence-electron chi connectivity index (χ3n) is 9.19. The quantitative estimate of drug-likeness (QED) is 0.0359. The SMILES string of the molecule is O=C(CCCCCN=C=S)NCCN(CCNC(=O)CCCCCN=C=S)C(=O)OCCOCCOC(=O)N(CCNC(=O)CCCCCN=C=S)CCNC(=O)CCCCCN=C=S. The number of rotatable bonds is 42. The summed E-state index contributed by atoms with van der Waals surface area (Å²) in [7, 11) is 0. The Bertz CT molecular complexity index is 1370. The van der Waals surface area contributed by atoms with Crippen molar-refractivity contribution < 1.29 is 43.0 Å². The molecular weight excluding hydrogens is 917 g/mol. The molecule has 0 saturated heterocycles. The van der Waals surface area contributed by atoms with E-state index in [1.807, 2.05) is 0 Å². The summed E-state index contributed by atoms with van der Waals surface area (Å²) in [5, 5.41) is 20.6. The maximum Gasteiger partial charge on any atom is 0.409 e. The summed E-state index contributed by atoms with van der Waals surface area (Å²) in [5.41, 5.74) is 0. The molecule has 0 unspecified atom stereocenters. The van der Waals surface area contributed by atoms with Crippen LogP contribution in [0.15, 0.2) is 20.0 Å². The van der Waals surface area contributed by atoms with Gasteiger partial charge in [0.1, 0.15) is 13.2 Å². The topological polar surface area (TPSA) is 234 Å². The Kier molecular flexibility index (Phi) is 43.0. The minimum atomic E-state index is -0.648. The van der Waals surface area contributed by atoms with Crippen molar-refractivity contribution in [1.82, 2.24) is 31.1 Å². The minimum Gasteiger partial charge on any atom is -0.447 e. The zero-order chi connectivity index (χ0) is 47.9. The maximum absolute atomic E-state index is 13.0. The number of carbonyl (C=O) groups excluding carboxylic acids is 6. The first-order valence-corrected chi connectivity index (χ1v) is 23.9. The lowest BCUT2D eigenvalue weighted by atomic mass is 10.2. The van der Waals surface area contributed by atoms with Gasteiger partial charge >= 0.3 is 12.2 Å². The predicted molar refractivity (Wildman–Crippen MR) is 262 cm³/mol. The molecular formula is C42H68N10O9S4. The molecule has 0 radical (unpaired) electrons. The van der Waals surface area contributed by atoms with Crippen molar-refractivity contribution in [1.29, 1.82) is 0 Å². The minimum absolute atomic E-state index is 0.0111. The van der Waals surface area contributed by atoms with Crippen LogP contribution in [-0.2, 0) is 33.4 Å². The van der Waals surface area contributed by atoms with Gasteiger partial charge < -0.3 is 45.3 Å². The molecule has 0 saturated carbocycles. The van der Waals surface area contributed by atoms with Crippen LogP contribution in [0.25, 0.3) is 0 Å². The summed E-state index contributed by atoms with van der Waals surface area (Å²) < 4.78 is 16.4. The summed E-state index contributed by atoms with van der Waals surface area (Å²) in [5.74, 6) is -0.569. The van der Waals surface area contributed by atoms with Gasteiger partial charge in [0.05, 0.1) is 33.9 Å². The van der Waals surface area contributed by atoms with Crippen LogP contribution in [0.2, 0.25) is 0 Å². The molecule has 65 heavy (non-hydrogen) atoms. The molecule has 0 bridgehead atoms. The van der Waals surface area contributed by atoms with E-state index < -0.39 is 12.2 Å². The van der Waals surface area contributed by atoms with E-state index >= 15 is 0 Å². The van der Waals surface area contributed by atoms with Crippen LogP contribution in [0.4, 0.5) is 9.59 Å². The number of hydrogen-bond acceptors (Lipinski definition) is 17. The average molecular weight is 985 g/mol. The molecule has 0 heterocycles. The molecule has 0 aromatic carbocycles. The van der Waals surface area contributed by atoms with Gasteiger partial charge in [-0.15, -0.1) is 0 Å². The van der Waals surface area contributed by atoms with Gasteiger partial charge in [-0.25, -0.2) is 29.6 Å². The predicted octanol–water partition coefficient (Wildman–Crippen LogP) is 5.00. The highest BCUT2D eigenvalue weighted by molar-refractivity contribution is 7.78. The van der Waals surface area contributed by atoms with Crippen molar-refractivity contribution in [3.05, 3.63) is 0 Å². The zero-order valence-corrected chi connectivity index (χ0v) is 40.9. The first-order chi connectivity index (χ1) is 31.7. The van der Waals surface area contributed by atoms with Gasteiger partial charge in [0.25, 0.3) is 0 Å². The van der Waals surface area contributed by atoms with Crippen LogP contribution in [0.1, 0.15) is 103 Å². The van der Waals surface area contributed by atoms with E-state index in [4.69, 9.17) is 14.2 Å². The molecule has 0 aliphatic rings. The molecule has 23 heteroatoms. The maximum atomic E-state index is 13.0. The standard InChI is InChI=1S/C42H68N10O9S4/c53-37(13-5-1-9-17-43-33-62)47-21-25-51(26-22-48-38(54)14-6-2-10-18-44-34-63)41(57)60-31-29-59-30-32-61-42(58)52(27-23-49-39(55)15-7-3-11-19-45-35-64)28-24-50-40(56)16-8-4-12-20-46-36-65/h1-32H2,(H,47,53)(H,48,54)(H,49,55)(H,50,56). The number of amides is 6. The summed E-state index contributed by atoms with van der Waals surface area (Å²) >= 11 is 18.2. The summed E-state index contributed by atoms with van der Waals surface area (Å²) in [6, 6.07) is 0. The molecule has 0 fully saturated rings. The van der Waals surface area contributed by atoms with E-state index in [9.17, 15) is 28.8 Å². The average Bonchev–Trinajstić information content (AvgIpc) is 3.29. The highest BCUT2D eigenvalue weighted by Gasteiger charge is 2.18. The molecule has 0 spiro atoms. The van der Waals surface area contributed by atoms with Gasteiger partial charge in [0, 0.05) is 104 Å². The summed E-state index contributed by atoms with van der Waals surface area (Å²) in [6.45, 7) is 3.52. The lowest BCUT2D eigenvalue weighted by Gasteiger charge is -2.23. The molecule has 0 atom stereocenters. The molecule has 0 aliphatic carbocycles. The van der Waals surface area contributed by atoms with Crippen molar-refractivity contribution in [3.63, 3.8) is 0 Å². The number of thiocarbonyl (C=S) groups is 4. The van der Waals surface area contributed by atoms with Gasteiger partial charge in [0.2, 0.25) is 23.6 Å². The molecule has 4 N–H and O–H groups in total. The van der Waals surface area contributed by atoms with Crippen molar-refractivity contribution in [3.8, 4) is 0 Å². The second kappa shape index (κ2) is 46.1. The fourth-order valence-corrected chi connectivity index (χ4v) is 6.08. The Morgan fingerprint density at radius 2 is 0.646 bits per heavy atom. The third kappa shape index (κ3) is 40.8. The monoisotopic (exact) mass is 984 g/mol. The molecule has 19 nitrogen and oxygen atoms in total. The van der Waals surface area contributed by atoms with Gasteiger partial charge in [-0.3, -0.25) is 19.2 Å².